The van der Waals surface area contributed by atoms with Gasteiger partial charge in [-0.05, 0) is 19.1 Å². The van der Waals surface area contributed by atoms with Gasteiger partial charge in [-0.2, -0.15) is 5.26 Å². The fraction of sp³-hybridized carbons (Fsp3) is 0.167. The van der Waals surface area contributed by atoms with E-state index in [-0.39, 0.29) is 11.1 Å². The van der Waals surface area contributed by atoms with Gasteiger partial charge in [0.05, 0.1) is 12.9 Å². The summed E-state index contributed by atoms with van der Waals surface area (Å²) in [7, 11) is 0. The van der Waals surface area contributed by atoms with Crippen molar-refractivity contribution in [1.29, 1.82) is 5.26 Å². The molecule has 24 heavy (non-hydrogen) atoms. The number of nitrogens with zero attached hydrogens (tertiary/aromatic N) is 3. The van der Waals surface area contributed by atoms with Gasteiger partial charge in [0, 0.05) is 29.2 Å². The van der Waals surface area contributed by atoms with Crippen LogP contribution in [-0.4, -0.2) is 21.1 Å². The summed E-state index contributed by atoms with van der Waals surface area (Å²) in [5.74, 6) is 0.638. The highest BCUT2D eigenvalue weighted by Gasteiger charge is 2.14. The average Bonchev–Trinajstić information content (AvgIpc) is 3.08. The Bertz CT molecular complexity index is 936. The lowest BCUT2D eigenvalue weighted by Crippen LogP contribution is -2.13. The maximum Gasteiger partial charge on any atom is 0.266 e. The van der Waals surface area contributed by atoms with Crippen LogP contribution in [0.4, 0.5) is 0 Å². The van der Waals surface area contributed by atoms with Gasteiger partial charge in [0.1, 0.15) is 24.0 Å². The smallest absolute Gasteiger partial charge is 0.266 e. The minimum Gasteiger partial charge on any atom is -0.491 e. The molecule has 6 heteroatoms. The van der Waals surface area contributed by atoms with E-state index in [0.717, 1.165) is 5.56 Å². The average molecular weight is 320 g/mol. The van der Waals surface area contributed by atoms with Crippen molar-refractivity contribution in [2.45, 2.75) is 13.5 Å². The molecule has 0 spiro atoms. The van der Waals surface area contributed by atoms with Crippen molar-refractivity contribution in [2.24, 2.45) is 0 Å². The number of nitriles is 1. The van der Waals surface area contributed by atoms with Gasteiger partial charge >= 0.3 is 0 Å². The molecule has 3 rings (SSSR count). The van der Waals surface area contributed by atoms with Crippen LogP contribution in [0, 0.1) is 18.3 Å². The van der Waals surface area contributed by atoms with Crippen LogP contribution < -0.4 is 10.3 Å². The molecule has 0 unspecified atom stereocenters. The minimum absolute atomic E-state index is 0.0891. The van der Waals surface area contributed by atoms with E-state index in [9.17, 15) is 10.1 Å². The highest BCUT2D eigenvalue weighted by molar-refractivity contribution is 5.75. The summed E-state index contributed by atoms with van der Waals surface area (Å²) in [6.45, 7) is 2.90. The normalized spacial score (nSPS) is 10.3. The van der Waals surface area contributed by atoms with Crippen LogP contribution in [0.1, 0.15) is 11.3 Å². The Kier molecular flexibility index (Phi) is 4.43. The van der Waals surface area contributed by atoms with Crippen LogP contribution in [0.3, 0.4) is 0 Å². The van der Waals surface area contributed by atoms with E-state index in [1.165, 1.54) is 0 Å². The third kappa shape index (κ3) is 3.20. The summed E-state index contributed by atoms with van der Waals surface area (Å²) in [6, 6.07) is 11.2. The molecular formula is C18H16N4O2. The molecule has 0 saturated carbocycles. The zero-order valence-corrected chi connectivity index (χ0v) is 13.2. The maximum atomic E-state index is 12.0. The zero-order chi connectivity index (χ0) is 16.9. The second kappa shape index (κ2) is 6.84. The molecule has 0 bridgehead atoms. The predicted octanol–water partition coefficient (Wildman–Crippen LogP) is 2.50. The fourth-order valence-electron chi connectivity index (χ4n) is 2.51. The summed E-state index contributed by atoms with van der Waals surface area (Å²) in [5.41, 5.74) is 1.71. The molecule has 6 nitrogen and oxygen atoms in total. The number of pyridine rings is 1. The first-order chi connectivity index (χ1) is 11.7. The van der Waals surface area contributed by atoms with E-state index in [1.54, 1.807) is 25.5 Å². The second-order valence-corrected chi connectivity index (χ2v) is 5.33. The number of aromatic amines is 1. The molecule has 1 N–H and O–H groups in total. The minimum atomic E-state index is -0.388. The van der Waals surface area contributed by atoms with Gasteiger partial charge in [0.15, 0.2) is 0 Å². The van der Waals surface area contributed by atoms with Crippen LogP contribution in [0.15, 0.2) is 53.8 Å². The Morgan fingerprint density at radius 2 is 2.17 bits per heavy atom. The number of imidazole rings is 1. The number of rotatable bonds is 5. The van der Waals surface area contributed by atoms with Crippen LogP contribution in [-0.2, 0) is 6.54 Å². The monoisotopic (exact) mass is 320 g/mol. The third-order valence-corrected chi connectivity index (χ3v) is 3.62. The SMILES string of the molecule is Cc1cc(-c2ccccc2OCCn2ccnc2)c(C#N)c(=O)[nH]1. The number of hydrogen-bond acceptors (Lipinski definition) is 4. The van der Waals surface area contributed by atoms with Crippen molar-refractivity contribution in [3.63, 3.8) is 0 Å². The number of para-hydroxylation sites is 1. The van der Waals surface area contributed by atoms with Crippen molar-refractivity contribution in [3.8, 4) is 22.9 Å². The Morgan fingerprint density at radius 1 is 1.33 bits per heavy atom. The van der Waals surface area contributed by atoms with Crippen molar-refractivity contribution in [2.75, 3.05) is 6.61 Å². The molecular weight excluding hydrogens is 304 g/mol. The van der Waals surface area contributed by atoms with Crippen molar-refractivity contribution < 1.29 is 4.74 Å². The molecule has 0 radical (unpaired) electrons. The van der Waals surface area contributed by atoms with E-state index in [1.807, 2.05) is 41.1 Å². The Balaban J connectivity index is 1.92. The molecule has 0 aliphatic rings. The quantitative estimate of drug-likeness (QED) is 0.783. The molecule has 0 aliphatic carbocycles. The van der Waals surface area contributed by atoms with E-state index < -0.39 is 0 Å². The van der Waals surface area contributed by atoms with E-state index in [0.29, 0.717) is 30.2 Å². The summed E-state index contributed by atoms with van der Waals surface area (Å²) >= 11 is 0. The van der Waals surface area contributed by atoms with Gasteiger partial charge in [-0.25, -0.2) is 4.98 Å². The molecule has 120 valence electrons. The molecule has 0 amide bonds. The molecule has 2 aromatic heterocycles. The predicted molar refractivity (Wildman–Crippen MR) is 89.7 cm³/mol. The molecule has 2 heterocycles. The van der Waals surface area contributed by atoms with Crippen molar-refractivity contribution in [3.05, 3.63) is 70.7 Å². The lowest BCUT2D eigenvalue weighted by molar-refractivity contribution is 0.299. The van der Waals surface area contributed by atoms with E-state index in [4.69, 9.17) is 4.74 Å². The first-order valence-corrected chi connectivity index (χ1v) is 7.51. The van der Waals surface area contributed by atoms with Gasteiger partial charge < -0.3 is 14.3 Å². The summed E-state index contributed by atoms with van der Waals surface area (Å²) in [5, 5.41) is 9.32. The number of ether oxygens (including phenoxy) is 1. The first kappa shape index (κ1) is 15.6. The topological polar surface area (TPSA) is 83.7 Å². The number of benzene rings is 1. The Labute approximate surface area is 139 Å². The van der Waals surface area contributed by atoms with Crippen LogP contribution in [0.25, 0.3) is 11.1 Å². The van der Waals surface area contributed by atoms with Crippen molar-refractivity contribution in [1.82, 2.24) is 14.5 Å². The van der Waals surface area contributed by atoms with E-state index in [2.05, 4.69) is 9.97 Å². The maximum absolute atomic E-state index is 12.0. The van der Waals surface area contributed by atoms with Gasteiger partial charge in [0.25, 0.3) is 5.56 Å². The van der Waals surface area contributed by atoms with Crippen molar-refractivity contribution >= 4 is 0 Å². The van der Waals surface area contributed by atoms with Gasteiger partial charge in [0.2, 0.25) is 0 Å². The number of H-pyrrole nitrogens is 1. The largest absolute Gasteiger partial charge is 0.491 e. The first-order valence-electron chi connectivity index (χ1n) is 7.51. The lowest BCUT2D eigenvalue weighted by atomic mass is 10.0. The lowest BCUT2D eigenvalue weighted by Gasteiger charge is -2.13. The molecule has 1 aromatic carbocycles. The Morgan fingerprint density at radius 3 is 2.92 bits per heavy atom. The number of nitrogens with one attached hydrogen (secondary N) is 1. The third-order valence-electron chi connectivity index (χ3n) is 3.62. The number of hydrogen-bond donors (Lipinski definition) is 1. The molecule has 0 atom stereocenters. The zero-order valence-electron chi connectivity index (χ0n) is 13.2. The van der Waals surface area contributed by atoms with Crippen LogP contribution in [0.5, 0.6) is 5.75 Å². The molecule has 0 saturated heterocycles. The molecule has 3 aromatic rings. The standard InChI is InChI=1S/C18H16N4O2/c1-13-10-15(16(11-19)18(23)21-13)14-4-2-3-5-17(14)24-9-8-22-7-6-20-12-22/h2-7,10,12H,8-9H2,1H3,(H,21,23). The van der Waals surface area contributed by atoms with Gasteiger partial charge in [-0.3, -0.25) is 4.79 Å². The summed E-state index contributed by atoms with van der Waals surface area (Å²) in [4.78, 5) is 18.7. The Hall–Kier alpha value is -3.33. The number of aromatic nitrogens is 3. The number of aryl methyl sites for hydroxylation is 1. The summed E-state index contributed by atoms with van der Waals surface area (Å²) < 4.78 is 7.79. The fourth-order valence-corrected chi connectivity index (χ4v) is 2.51. The highest BCUT2D eigenvalue weighted by atomic mass is 16.5. The highest BCUT2D eigenvalue weighted by Crippen LogP contribution is 2.31. The molecule has 0 fully saturated rings. The summed E-state index contributed by atoms with van der Waals surface area (Å²) in [6.07, 6.45) is 5.30. The van der Waals surface area contributed by atoms with E-state index >= 15 is 0 Å². The van der Waals surface area contributed by atoms with Gasteiger partial charge in [-0.1, -0.05) is 18.2 Å². The van der Waals surface area contributed by atoms with Gasteiger partial charge in [-0.15, -0.1) is 0 Å². The molecule has 0 aliphatic heterocycles. The van der Waals surface area contributed by atoms with Crippen LogP contribution >= 0.6 is 0 Å². The van der Waals surface area contributed by atoms with Crippen LogP contribution in [0.2, 0.25) is 0 Å². The second-order valence-electron chi connectivity index (χ2n) is 5.33.